The van der Waals surface area contributed by atoms with E-state index < -0.39 is 16.7 Å². The molecule has 0 radical (unpaired) electrons. The van der Waals surface area contributed by atoms with Crippen LogP contribution in [-0.2, 0) is 9.59 Å². The Balaban J connectivity index is 2.32. The Hall–Kier alpha value is -2.63. The van der Waals surface area contributed by atoms with Gasteiger partial charge in [-0.15, -0.1) is 0 Å². The number of phenolic OH excluding ortho intramolecular Hbond substituents is 2. The Morgan fingerprint density at radius 2 is 1.62 bits per heavy atom. The minimum absolute atomic E-state index is 0.0434. The topological polar surface area (TPSA) is 101 Å². The van der Waals surface area contributed by atoms with Crippen LogP contribution in [0.5, 0.6) is 17.2 Å². The summed E-state index contributed by atoms with van der Waals surface area (Å²) in [4.78, 5) is 39.6. The SMILES string of the molecule is CC(C)CC(=O)c1c(O)cc2c(c1O)[C@@H](CC(C)C)C1=C(O2)C(C)(C)C(=O)C(C)(C)C1=O. The molecule has 32 heavy (non-hydrogen) atoms. The molecule has 1 atom stereocenters. The van der Waals surface area contributed by atoms with Gasteiger partial charge in [-0.25, -0.2) is 0 Å². The third-order valence-corrected chi connectivity index (χ3v) is 6.53. The largest absolute Gasteiger partial charge is 0.507 e. The molecule has 0 aromatic heterocycles. The number of fused-ring (bicyclic) bond motifs is 1. The van der Waals surface area contributed by atoms with Gasteiger partial charge in [0.05, 0.1) is 10.8 Å². The molecule has 1 aliphatic heterocycles. The van der Waals surface area contributed by atoms with Crippen molar-refractivity contribution < 1.29 is 29.3 Å². The lowest BCUT2D eigenvalue weighted by molar-refractivity contribution is -0.144. The number of Topliss-reactive ketones (excluding diaryl/α,β-unsaturated/α-hetero) is 3. The van der Waals surface area contributed by atoms with Crippen LogP contribution < -0.4 is 4.74 Å². The first kappa shape index (κ1) is 24.0. The predicted octanol–water partition coefficient (Wildman–Crippen LogP) is 5.31. The van der Waals surface area contributed by atoms with Crippen LogP contribution >= 0.6 is 0 Å². The average Bonchev–Trinajstić information content (AvgIpc) is 2.64. The lowest BCUT2D eigenvalue weighted by Gasteiger charge is -2.45. The van der Waals surface area contributed by atoms with E-state index >= 15 is 0 Å². The molecule has 2 N–H and O–H groups in total. The van der Waals surface area contributed by atoms with E-state index in [1.807, 2.05) is 27.7 Å². The van der Waals surface area contributed by atoms with E-state index in [2.05, 4.69) is 0 Å². The van der Waals surface area contributed by atoms with Gasteiger partial charge in [-0.05, 0) is 46.0 Å². The maximum atomic E-state index is 13.6. The number of hydrogen-bond acceptors (Lipinski definition) is 6. The number of aromatic hydroxyl groups is 2. The summed E-state index contributed by atoms with van der Waals surface area (Å²) in [5.74, 6) is -1.56. The van der Waals surface area contributed by atoms with Crippen LogP contribution in [0, 0.1) is 22.7 Å². The fraction of sp³-hybridized carbons (Fsp3) is 0.577. The number of carbonyl (C=O) groups is 3. The number of benzene rings is 1. The van der Waals surface area contributed by atoms with Gasteiger partial charge in [0.25, 0.3) is 0 Å². The molecule has 174 valence electrons. The van der Waals surface area contributed by atoms with E-state index in [1.165, 1.54) is 6.07 Å². The number of ketones is 3. The van der Waals surface area contributed by atoms with E-state index in [4.69, 9.17) is 4.74 Å². The highest BCUT2D eigenvalue weighted by atomic mass is 16.5. The second-order valence-electron chi connectivity index (χ2n) is 11.0. The van der Waals surface area contributed by atoms with Crippen LogP contribution in [0.25, 0.3) is 0 Å². The number of rotatable bonds is 5. The summed E-state index contributed by atoms with van der Waals surface area (Å²) in [6, 6.07) is 1.32. The third kappa shape index (κ3) is 3.54. The number of hydrogen-bond donors (Lipinski definition) is 2. The van der Waals surface area contributed by atoms with Gasteiger partial charge < -0.3 is 14.9 Å². The fourth-order valence-corrected chi connectivity index (χ4v) is 5.04. The average molecular weight is 443 g/mol. The summed E-state index contributed by atoms with van der Waals surface area (Å²) in [7, 11) is 0. The molecule has 0 saturated heterocycles. The molecule has 0 fully saturated rings. The summed E-state index contributed by atoms with van der Waals surface area (Å²) < 4.78 is 6.08. The molecule has 1 heterocycles. The van der Waals surface area contributed by atoms with Gasteiger partial charge in [0.2, 0.25) is 0 Å². The van der Waals surface area contributed by atoms with Gasteiger partial charge in [0.15, 0.2) is 17.3 Å². The Bertz CT molecular complexity index is 1040. The van der Waals surface area contributed by atoms with Crippen LogP contribution in [0.2, 0.25) is 0 Å². The summed E-state index contributed by atoms with van der Waals surface area (Å²) in [5.41, 5.74) is -1.73. The minimum Gasteiger partial charge on any atom is -0.507 e. The zero-order valence-corrected chi connectivity index (χ0v) is 20.3. The summed E-state index contributed by atoms with van der Waals surface area (Å²) >= 11 is 0. The molecule has 0 unspecified atom stereocenters. The number of ether oxygens (including phenoxy) is 1. The van der Waals surface area contributed by atoms with Gasteiger partial charge in [0, 0.05) is 29.5 Å². The van der Waals surface area contributed by atoms with Crippen LogP contribution in [0.1, 0.15) is 90.1 Å². The van der Waals surface area contributed by atoms with Gasteiger partial charge in [-0.1, -0.05) is 27.7 Å². The zero-order valence-electron chi connectivity index (χ0n) is 20.3. The van der Waals surface area contributed by atoms with Crippen LogP contribution in [0.3, 0.4) is 0 Å². The first-order chi connectivity index (χ1) is 14.6. The van der Waals surface area contributed by atoms with Gasteiger partial charge in [-0.3, -0.25) is 14.4 Å². The molecule has 6 heteroatoms. The molecule has 0 amide bonds. The first-order valence-corrected chi connectivity index (χ1v) is 11.3. The second-order valence-corrected chi connectivity index (χ2v) is 11.0. The van der Waals surface area contributed by atoms with Crippen molar-refractivity contribution in [3.05, 3.63) is 28.5 Å². The quantitative estimate of drug-likeness (QED) is 0.474. The van der Waals surface area contributed by atoms with Crippen molar-refractivity contribution in [2.45, 2.75) is 74.1 Å². The molecular formula is C26H34O6. The van der Waals surface area contributed by atoms with Crippen LogP contribution in [-0.4, -0.2) is 27.6 Å². The standard InChI is InChI=1S/C26H34O6/c1-12(2)9-14-18-17(11-16(28)20(21(18)29)15(27)10-13(3)4)32-23-19(14)22(30)25(5,6)24(31)26(23,7)8/h11-14,28-29H,9-10H2,1-8H3/t14-/m1/s1. The molecule has 1 aromatic carbocycles. The van der Waals surface area contributed by atoms with E-state index in [0.29, 0.717) is 17.6 Å². The summed E-state index contributed by atoms with van der Waals surface area (Å²) in [5, 5.41) is 21.8. The van der Waals surface area contributed by atoms with E-state index in [-0.39, 0.29) is 64.2 Å². The molecule has 3 rings (SSSR count). The van der Waals surface area contributed by atoms with Crippen LogP contribution in [0.15, 0.2) is 17.4 Å². The number of phenols is 2. The van der Waals surface area contributed by atoms with Crippen molar-refractivity contribution in [1.29, 1.82) is 0 Å². The molecule has 0 saturated carbocycles. The van der Waals surface area contributed by atoms with Crippen molar-refractivity contribution in [3.63, 3.8) is 0 Å². The lowest BCUT2D eigenvalue weighted by Crippen LogP contribution is -2.51. The lowest BCUT2D eigenvalue weighted by atomic mass is 9.59. The molecule has 0 bridgehead atoms. The van der Waals surface area contributed by atoms with E-state index in [9.17, 15) is 24.6 Å². The Kier molecular flexibility index (Phi) is 5.82. The van der Waals surface area contributed by atoms with Crippen molar-refractivity contribution in [1.82, 2.24) is 0 Å². The van der Waals surface area contributed by atoms with Crippen molar-refractivity contribution in [2.75, 3.05) is 0 Å². The van der Waals surface area contributed by atoms with Gasteiger partial charge in [0.1, 0.15) is 28.6 Å². The highest BCUT2D eigenvalue weighted by Gasteiger charge is 2.57. The second kappa shape index (κ2) is 7.75. The smallest absolute Gasteiger partial charge is 0.175 e. The van der Waals surface area contributed by atoms with Gasteiger partial charge in [-0.2, -0.15) is 0 Å². The normalized spacial score (nSPS) is 21.5. The molecule has 1 aromatic rings. The summed E-state index contributed by atoms with van der Waals surface area (Å²) in [6.45, 7) is 14.5. The zero-order chi connectivity index (χ0) is 24.3. The van der Waals surface area contributed by atoms with E-state index in [0.717, 1.165) is 0 Å². The van der Waals surface area contributed by atoms with Crippen molar-refractivity contribution in [2.24, 2.45) is 22.7 Å². The Morgan fingerprint density at radius 1 is 1.03 bits per heavy atom. The Labute approximate surface area is 189 Å². The van der Waals surface area contributed by atoms with Gasteiger partial charge >= 0.3 is 0 Å². The Morgan fingerprint density at radius 3 is 2.16 bits per heavy atom. The van der Waals surface area contributed by atoms with Crippen molar-refractivity contribution in [3.8, 4) is 17.2 Å². The fourth-order valence-electron chi connectivity index (χ4n) is 5.04. The molecule has 6 nitrogen and oxygen atoms in total. The van der Waals surface area contributed by atoms with Crippen LogP contribution in [0.4, 0.5) is 0 Å². The minimum atomic E-state index is -1.23. The molecular weight excluding hydrogens is 408 g/mol. The molecule has 1 aliphatic carbocycles. The molecule has 2 aliphatic rings. The summed E-state index contributed by atoms with van der Waals surface area (Å²) in [6.07, 6.45) is 0.675. The highest BCUT2D eigenvalue weighted by Crippen LogP contribution is 2.57. The molecule has 0 spiro atoms. The monoisotopic (exact) mass is 442 g/mol. The highest BCUT2D eigenvalue weighted by molar-refractivity contribution is 6.20. The maximum Gasteiger partial charge on any atom is 0.175 e. The maximum absolute atomic E-state index is 13.6. The number of carbonyl (C=O) groups excluding carboxylic acids is 3. The third-order valence-electron chi connectivity index (χ3n) is 6.53. The predicted molar refractivity (Wildman–Crippen MR) is 121 cm³/mol. The van der Waals surface area contributed by atoms with Crippen molar-refractivity contribution >= 4 is 17.3 Å². The number of allylic oxidation sites excluding steroid dienone is 2. The first-order valence-electron chi connectivity index (χ1n) is 11.3. The van der Waals surface area contributed by atoms with E-state index in [1.54, 1.807) is 27.7 Å².